The van der Waals surface area contributed by atoms with Gasteiger partial charge in [-0.1, -0.05) is 6.07 Å². The van der Waals surface area contributed by atoms with Gasteiger partial charge in [0, 0.05) is 19.2 Å². The summed E-state index contributed by atoms with van der Waals surface area (Å²) in [6.45, 7) is 1.87. The van der Waals surface area contributed by atoms with Crippen molar-refractivity contribution >= 4 is 5.91 Å². The highest BCUT2D eigenvalue weighted by Gasteiger charge is 2.24. The van der Waals surface area contributed by atoms with Crippen molar-refractivity contribution in [3.8, 4) is 5.75 Å². The van der Waals surface area contributed by atoms with Crippen molar-refractivity contribution in [2.24, 2.45) is 0 Å². The lowest BCUT2D eigenvalue weighted by molar-refractivity contribution is 0.0936. The van der Waals surface area contributed by atoms with E-state index < -0.39 is 0 Å². The first-order valence-corrected chi connectivity index (χ1v) is 7.30. The molecule has 116 valence electrons. The second-order valence-corrected chi connectivity index (χ2v) is 5.20. The van der Waals surface area contributed by atoms with Crippen molar-refractivity contribution < 1.29 is 14.3 Å². The van der Waals surface area contributed by atoms with Crippen LogP contribution in [0.2, 0.25) is 0 Å². The van der Waals surface area contributed by atoms with E-state index >= 15 is 0 Å². The highest BCUT2D eigenvalue weighted by atomic mass is 16.5. The Morgan fingerprint density at radius 3 is 3.23 bits per heavy atom. The van der Waals surface area contributed by atoms with Gasteiger partial charge in [-0.15, -0.1) is 0 Å². The Hall–Kier alpha value is -2.34. The lowest BCUT2D eigenvalue weighted by Crippen LogP contribution is -2.27. The molecule has 1 aromatic heterocycles. The number of carbonyl (C=O) groups is 1. The number of methoxy groups -OCH3 is 1. The fourth-order valence-electron chi connectivity index (χ4n) is 2.58. The first kappa shape index (κ1) is 14.6. The van der Waals surface area contributed by atoms with Gasteiger partial charge in [0.25, 0.3) is 5.91 Å². The number of amides is 1. The predicted molar refractivity (Wildman–Crippen MR) is 80.9 cm³/mol. The summed E-state index contributed by atoms with van der Waals surface area (Å²) in [6.07, 6.45) is 4.50. The molecular formula is C16H19N3O3. The molecule has 1 aromatic carbocycles. The Labute approximate surface area is 129 Å². The quantitative estimate of drug-likeness (QED) is 0.826. The Morgan fingerprint density at radius 2 is 2.36 bits per heavy atom. The molecule has 1 atom stereocenters. The van der Waals surface area contributed by atoms with Gasteiger partial charge in [-0.2, -0.15) is 0 Å². The van der Waals surface area contributed by atoms with E-state index in [-0.39, 0.29) is 11.9 Å². The second-order valence-electron chi connectivity index (χ2n) is 5.20. The van der Waals surface area contributed by atoms with Gasteiger partial charge in [-0.3, -0.25) is 4.79 Å². The average Bonchev–Trinajstić information content (AvgIpc) is 3.13. The number of imidazole rings is 1. The lowest BCUT2D eigenvalue weighted by atomic mass is 10.1. The van der Waals surface area contributed by atoms with Crippen LogP contribution in [0.4, 0.5) is 0 Å². The number of rotatable bonds is 6. The van der Waals surface area contributed by atoms with E-state index in [1.807, 2.05) is 18.3 Å². The fourth-order valence-corrected chi connectivity index (χ4v) is 2.58. The minimum atomic E-state index is -0.100. The normalized spacial score (nSPS) is 16.3. The second kappa shape index (κ2) is 6.62. The Kier molecular flexibility index (Phi) is 4.39. The monoisotopic (exact) mass is 301 g/mol. The lowest BCUT2D eigenvalue weighted by Gasteiger charge is -2.13. The number of hydrogen-bond acceptors (Lipinski definition) is 4. The van der Waals surface area contributed by atoms with E-state index in [9.17, 15) is 4.79 Å². The van der Waals surface area contributed by atoms with Crippen molar-refractivity contribution in [2.45, 2.75) is 19.0 Å². The molecule has 22 heavy (non-hydrogen) atoms. The third-order valence-electron chi connectivity index (χ3n) is 3.72. The summed E-state index contributed by atoms with van der Waals surface area (Å²) in [6, 6.07) is 7.20. The van der Waals surface area contributed by atoms with Crippen molar-refractivity contribution in [3.05, 3.63) is 48.0 Å². The van der Waals surface area contributed by atoms with Crippen LogP contribution < -0.4 is 10.1 Å². The SMILES string of the molecule is COCCOc1cccc(C(=O)NC2CCn3cncc32)c1. The van der Waals surface area contributed by atoms with Crippen LogP contribution in [-0.4, -0.2) is 35.8 Å². The maximum absolute atomic E-state index is 12.4. The molecular weight excluding hydrogens is 282 g/mol. The maximum Gasteiger partial charge on any atom is 0.251 e. The number of aryl methyl sites for hydroxylation is 1. The summed E-state index contributed by atoms with van der Waals surface area (Å²) in [5.74, 6) is 0.568. The van der Waals surface area contributed by atoms with E-state index in [1.54, 1.807) is 25.6 Å². The molecule has 3 rings (SSSR count). The molecule has 2 aromatic rings. The molecule has 6 nitrogen and oxygen atoms in total. The zero-order valence-corrected chi connectivity index (χ0v) is 12.5. The average molecular weight is 301 g/mol. The number of nitrogens with zero attached hydrogens (tertiary/aromatic N) is 2. The maximum atomic E-state index is 12.4. The zero-order valence-electron chi connectivity index (χ0n) is 12.5. The molecule has 0 saturated heterocycles. The van der Waals surface area contributed by atoms with Crippen LogP contribution in [0.25, 0.3) is 0 Å². The van der Waals surface area contributed by atoms with Crippen LogP contribution in [0, 0.1) is 0 Å². The molecule has 6 heteroatoms. The number of ether oxygens (including phenoxy) is 2. The van der Waals surface area contributed by atoms with Gasteiger partial charge in [0.15, 0.2) is 0 Å². The molecule has 1 N–H and O–H groups in total. The minimum Gasteiger partial charge on any atom is -0.491 e. The molecule has 0 spiro atoms. The molecule has 1 aliphatic rings. The van der Waals surface area contributed by atoms with Gasteiger partial charge in [0.1, 0.15) is 12.4 Å². The molecule has 1 aliphatic heterocycles. The van der Waals surface area contributed by atoms with Crippen molar-refractivity contribution in [3.63, 3.8) is 0 Å². The number of carbonyl (C=O) groups excluding carboxylic acids is 1. The highest BCUT2D eigenvalue weighted by molar-refractivity contribution is 5.94. The molecule has 0 aliphatic carbocycles. The molecule has 0 bridgehead atoms. The largest absolute Gasteiger partial charge is 0.491 e. The van der Waals surface area contributed by atoms with Gasteiger partial charge in [-0.05, 0) is 24.6 Å². The Bertz CT molecular complexity index is 654. The van der Waals surface area contributed by atoms with E-state index in [2.05, 4.69) is 14.9 Å². The molecule has 0 fully saturated rings. The zero-order chi connectivity index (χ0) is 15.4. The van der Waals surface area contributed by atoms with Gasteiger partial charge in [0.2, 0.25) is 0 Å². The van der Waals surface area contributed by atoms with Crippen molar-refractivity contribution in [1.82, 2.24) is 14.9 Å². The highest BCUT2D eigenvalue weighted by Crippen LogP contribution is 2.25. The third kappa shape index (κ3) is 3.12. The van der Waals surface area contributed by atoms with Crippen molar-refractivity contribution in [2.75, 3.05) is 20.3 Å². The molecule has 1 unspecified atom stereocenters. The number of fused-ring (bicyclic) bond motifs is 1. The molecule has 2 heterocycles. The van der Waals surface area contributed by atoms with Crippen LogP contribution in [0.3, 0.4) is 0 Å². The number of hydrogen-bond donors (Lipinski definition) is 1. The van der Waals surface area contributed by atoms with Gasteiger partial charge in [-0.25, -0.2) is 4.98 Å². The number of benzene rings is 1. The van der Waals surface area contributed by atoms with E-state index in [4.69, 9.17) is 9.47 Å². The van der Waals surface area contributed by atoms with E-state index in [0.29, 0.717) is 24.5 Å². The topological polar surface area (TPSA) is 65.4 Å². The smallest absolute Gasteiger partial charge is 0.251 e. The summed E-state index contributed by atoms with van der Waals surface area (Å²) in [7, 11) is 1.62. The van der Waals surface area contributed by atoms with Crippen molar-refractivity contribution in [1.29, 1.82) is 0 Å². The summed E-state index contributed by atoms with van der Waals surface area (Å²) in [4.78, 5) is 16.5. The predicted octanol–water partition coefficient (Wildman–Crippen LogP) is 1.78. The molecule has 0 saturated carbocycles. The number of aromatic nitrogens is 2. The van der Waals surface area contributed by atoms with Crippen LogP contribution in [0.5, 0.6) is 5.75 Å². The standard InChI is InChI=1S/C16H19N3O3/c1-21-7-8-22-13-4-2-3-12(9-13)16(20)18-14-5-6-19-11-17-10-15(14)19/h2-4,9-11,14H,5-8H2,1H3,(H,18,20). The Morgan fingerprint density at radius 1 is 1.45 bits per heavy atom. The summed E-state index contributed by atoms with van der Waals surface area (Å²) >= 11 is 0. The van der Waals surface area contributed by atoms with Gasteiger partial charge < -0.3 is 19.4 Å². The van der Waals surface area contributed by atoms with Gasteiger partial charge >= 0.3 is 0 Å². The Balaban J connectivity index is 1.64. The molecule has 1 amide bonds. The van der Waals surface area contributed by atoms with Crippen LogP contribution in [-0.2, 0) is 11.3 Å². The van der Waals surface area contributed by atoms with Crippen LogP contribution in [0.1, 0.15) is 28.5 Å². The molecule has 0 radical (unpaired) electrons. The van der Waals surface area contributed by atoms with Gasteiger partial charge in [0.05, 0.1) is 30.9 Å². The van der Waals surface area contributed by atoms with Crippen LogP contribution in [0.15, 0.2) is 36.8 Å². The third-order valence-corrected chi connectivity index (χ3v) is 3.72. The van der Waals surface area contributed by atoms with E-state index in [1.165, 1.54) is 0 Å². The number of nitrogens with one attached hydrogen (secondary N) is 1. The minimum absolute atomic E-state index is 0.0214. The summed E-state index contributed by atoms with van der Waals surface area (Å²) in [5, 5.41) is 3.05. The summed E-state index contributed by atoms with van der Waals surface area (Å²) in [5.41, 5.74) is 1.65. The summed E-state index contributed by atoms with van der Waals surface area (Å²) < 4.78 is 12.5. The van der Waals surface area contributed by atoms with Crippen LogP contribution >= 0.6 is 0 Å². The first-order chi connectivity index (χ1) is 10.8. The first-order valence-electron chi connectivity index (χ1n) is 7.30. The van der Waals surface area contributed by atoms with E-state index in [0.717, 1.165) is 18.7 Å². The fraction of sp³-hybridized carbons (Fsp3) is 0.375.